The molecule has 0 aliphatic carbocycles. The van der Waals surface area contributed by atoms with Crippen molar-refractivity contribution in [2.75, 3.05) is 19.5 Å². The summed E-state index contributed by atoms with van der Waals surface area (Å²) in [6.07, 6.45) is 0.875. The van der Waals surface area contributed by atoms with Crippen molar-refractivity contribution in [2.24, 2.45) is 4.99 Å². The highest BCUT2D eigenvalue weighted by Crippen LogP contribution is 2.30. The molecule has 5 nitrogen and oxygen atoms in total. The van der Waals surface area contributed by atoms with Crippen LogP contribution >= 0.6 is 11.8 Å². The third-order valence-electron chi connectivity index (χ3n) is 4.36. The van der Waals surface area contributed by atoms with Crippen LogP contribution in [0.4, 0.5) is 5.69 Å². The smallest absolute Gasteiger partial charge is 0.266 e. The monoisotopic (exact) mass is 384 g/mol. The number of hydrogen-bond donors (Lipinski definition) is 0. The van der Waals surface area contributed by atoms with Crippen LogP contribution in [0.5, 0.6) is 11.5 Å². The zero-order valence-corrected chi connectivity index (χ0v) is 16.7. The predicted molar refractivity (Wildman–Crippen MR) is 110 cm³/mol. The van der Waals surface area contributed by atoms with Gasteiger partial charge in [0, 0.05) is 11.8 Å². The molecule has 3 rings (SSSR count). The third-order valence-corrected chi connectivity index (χ3v) is 5.46. The van der Waals surface area contributed by atoms with Crippen LogP contribution in [-0.2, 0) is 4.79 Å². The van der Waals surface area contributed by atoms with Crippen LogP contribution in [0.15, 0.2) is 53.5 Å². The molecule has 6 heteroatoms. The van der Waals surface area contributed by atoms with Gasteiger partial charge in [0.15, 0.2) is 23.3 Å². The number of carbonyl (C=O) groups excluding carboxylic acids is 1. The molecule has 0 aromatic heterocycles. The largest absolute Gasteiger partial charge is 0.493 e. The van der Waals surface area contributed by atoms with Gasteiger partial charge in [-0.15, -0.1) is 0 Å². The minimum Gasteiger partial charge on any atom is -0.493 e. The maximum atomic E-state index is 12.9. The summed E-state index contributed by atoms with van der Waals surface area (Å²) in [6.45, 7) is 4.07. The zero-order valence-electron chi connectivity index (χ0n) is 15.8. The van der Waals surface area contributed by atoms with E-state index in [1.165, 1.54) is 0 Å². The van der Waals surface area contributed by atoms with Gasteiger partial charge < -0.3 is 9.47 Å². The normalized spacial score (nSPS) is 18.0. The molecule has 0 saturated carbocycles. The number of aryl methyl sites for hydroxylation is 1. The van der Waals surface area contributed by atoms with E-state index < -0.39 is 0 Å². The van der Waals surface area contributed by atoms with Crippen molar-refractivity contribution in [3.05, 3.63) is 54.1 Å². The number of para-hydroxylation sites is 2. The van der Waals surface area contributed by atoms with Gasteiger partial charge >= 0.3 is 0 Å². The molecule has 0 N–H and O–H groups in total. The Bertz CT molecular complexity index is 838. The van der Waals surface area contributed by atoms with Crippen molar-refractivity contribution < 1.29 is 14.3 Å². The number of ether oxygens (including phenoxy) is 2. The first-order valence-electron chi connectivity index (χ1n) is 8.98. The minimum atomic E-state index is -0.0934. The van der Waals surface area contributed by atoms with Crippen LogP contribution in [0.3, 0.4) is 0 Å². The molecule has 1 heterocycles. The van der Waals surface area contributed by atoms with Gasteiger partial charge in [0.2, 0.25) is 0 Å². The third kappa shape index (κ3) is 4.63. The first kappa shape index (κ1) is 19.3. The Morgan fingerprint density at radius 1 is 1.22 bits per heavy atom. The number of rotatable bonds is 6. The molecule has 1 aliphatic heterocycles. The summed E-state index contributed by atoms with van der Waals surface area (Å²) in [6, 6.07) is 15.4. The van der Waals surface area contributed by atoms with Gasteiger partial charge in [0.25, 0.3) is 5.91 Å². The van der Waals surface area contributed by atoms with E-state index in [-0.39, 0.29) is 18.6 Å². The summed E-state index contributed by atoms with van der Waals surface area (Å²) < 4.78 is 11.0. The Hall–Kier alpha value is -2.47. The number of nitrogens with zero attached hydrogens (tertiary/aromatic N) is 2. The second-order valence-electron chi connectivity index (χ2n) is 6.31. The lowest BCUT2D eigenvalue weighted by Crippen LogP contribution is -2.41. The molecule has 2 aromatic carbocycles. The molecule has 1 aliphatic rings. The number of thioether (sulfide) groups is 1. The average Bonchev–Trinajstić information content (AvgIpc) is 3.09. The summed E-state index contributed by atoms with van der Waals surface area (Å²) in [4.78, 5) is 19.4. The van der Waals surface area contributed by atoms with Crippen LogP contribution in [0, 0.1) is 6.92 Å². The molecule has 0 spiro atoms. The number of benzene rings is 2. The van der Waals surface area contributed by atoms with Gasteiger partial charge in [-0.1, -0.05) is 43.0 Å². The van der Waals surface area contributed by atoms with E-state index in [0.717, 1.165) is 28.6 Å². The first-order valence-corrected chi connectivity index (χ1v) is 9.97. The van der Waals surface area contributed by atoms with E-state index >= 15 is 0 Å². The molecule has 0 radical (unpaired) electrons. The van der Waals surface area contributed by atoms with Crippen molar-refractivity contribution in [3.8, 4) is 11.5 Å². The number of amidine groups is 1. The van der Waals surface area contributed by atoms with Crippen molar-refractivity contribution in [1.82, 2.24) is 4.90 Å². The van der Waals surface area contributed by atoms with E-state index in [4.69, 9.17) is 14.5 Å². The zero-order chi connectivity index (χ0) is 19.2. The average molecular weight is 385 g/mol. The molecule has 27 heavy (non-hydrogen) atoms. The predicted octanol–water partition coefficient (Wildman–Crippen LogP) is 4.42. The number of aliphatic imine (C=N–C) groups is 1. The van der Waals surface area contributed by atoms with E-state index in [1.54, 1.807) is 29.8 Å². The van der Waals surface area contributed by atoms with Gasteiger partial charge in [-0.25, -0.2) is 4.99 Å². The summed E-state index contributed by atoms with van der Waals surface area (Å²) in [5.41, 5.74) is 2.00. The molecule has 142 valence electrons. The quantitative estimate of drug-likeness (QED) is 0.740. The van der Waals surface area contributed by atoms with Crippen molar-refractivity contribution in [2.45, 2.75) is 26.3 Å². The van der Waals surface area contributed by atoms with Crippen LogP contribution in [-0.4, -0.2) is 41.5 Å². The highest BCUT2D eigenvalue weighted by molar-refractivity contribution is 8.14. The number of methoxy groups -OCH3 is 1. The van der Waals surface area contributed by atoms with Gasteiger partial charge in [0.05, 0.1) is 12.8 Å². The second kappa shape index (κ2) is 8.95. The molecule has 1 amide bonds. The lowest BCUT2D eigenvalue weighted by atomic mass is 10.2. The lowest BCUT2D eigenvalue weighted by molar-refractivity contribution is -0.130. The fourth-order valence-electron chi connectivity index (χ4n) is 2.92. The van der Waals surface area contributed by atoms with Crippen molar-refractivity contribution in [1.29, 1.82) is 0 Å². The summed E-state index contributed by atoms with van der Waals surface area (Å²) in [5, 5.41) is 0.737. The van der Waals surface area contributed by atoms with E-state index in [2.05, 4.69) is 6.92 Å². The van der Waals surface area contributed by atoms with Crippen molar-refractivity contribution in [3.63, 3.8) is 0 Å². The number of carbonyl (C=O) groups is 1. The van der Waals surface area contributed by atoms with Gasteiger partial charge in [-0.3, -0.25) is 9.69 Å². The molecule has 0 unspecified atom stereocenters. The molecular formula is C21H24N2O3S. The summed E-state index contributed by atoms with van der Waals surface area (Å²) >= 11 is 1.62. The Morgan fingerprint density at radius 2 is 2.00 bits per heavy atom. The van der Waals surface area contributed by atoms with Crippen molar-refractivity contribution >= 4 is 28.5 Å². The standard InChI is InChI=1S/C21H24N2O3S/c1-4-17-14-27-21(22-16-9-7-8-15(2)12-16)23(17)20(24)13-26-19-11-6-5-10-18(19)25-3/h5-12,17H,4,13-14H2,1-3H3/t17-/m0/s1. The van der Waals surface area contributed by atoms with E-state index in [1.807, 2.05) is 49.4 Å². The topological polar surface area (TPSA) is 51.1 Å². The summed E-state index contributed by atoms with van der Waals surface area (Å²) in [7, 11) is 1.58. The Labute approximate surface area is 164 Å². The highest BCUT2D eigenvalue weighted by atomic mass is 32.2. The van der Waals surface area contributed by atoms with E-state index in [0.29, 0.717) is 11.5 Å². The van der Waals surface area contributed by atoms with Crippen LogP contribution in [0.25, 0.3) is 0 Å². The Balaban J connectivity index is 1.77. The molecule has 1 fully saturated rings. The van der Waals surface area contributed by atoms with Gasteiger partial charge in [0.1, 0.15) is 0 Å². The van der Waals surface area contributed by atoms with Crippen LogP contribution in [0.2, 0.25) is 0 Å². The molecular weight excluding hydrogens is 360 g/mol. The summed E-state index contributed by atoms with van der Waals surface area (Å²) in [5.74, 6) is 1.93. The molecule has 1 saturated heterocycles. The molecule has 0 bridgehead atoms. The highest BCUT2D eigenvalue weighted by Gasteiger charge is 2.34. The fourth-order valence-corrected chi connectivity index (χ4v) is 4.21. The SMILES string of the molecule is CC[C@H]1CSC(=Nc2cccc(C)c2)N1C(=O)COc1ccccc1OC. The second-order valence-corrected chi connectivity index (χ2v) is 7.30. The van der Waals surface area contributed by atoms with E-state index in [9.17, 15) is 4.79 Å². The van der Waals surface area contributed by atoms with Gasteiger partial charge in [-0.2, -0.15) is 0 Å². The Morgan fingerprint density at radius 3 is 2.70 bits per heavy atom. The number of hydrogen-bond acceptors (Lipinski definition) is 5. The number of amides is 1. The molecule has 2 aromatic rings. The minimum absolute atomic E-state index is 0.0513. The molecule has 1 atom stereocenters. The van der Waals surface area contributed by atoms with Crippen LogP contribution < -0.4 is 9.47 Å². The first-order chi connectivity index (χ1) is 13.1. The maximum Gasteiger partial charge on any atom is 0.266 e. The van der Waals surface area contributed by atoms with Gasteiger partial charge in [-0.05, 0) is 43.2 Å². The maximum absolute atomic E-state index is 12.9. The lowest BCUT2D eigenvalue weighted by Gasteiger charge is -2.23. The Kier molecular flexibility index (Phi) is 6.40. The fraction of sp³-hybridized carbons (Fsp3) is 0.333. The van der Waals surface area contributed by atoms with Crippen LogP contribution in [0.1, 0.15) is 18.9 Å².